The molecule has 0 saturated heterocycles. The van der Waals surface area contributed by atoms with E-state index < -0.39 is 36.0 Å². The molecule has 8 heteroatoms. The normalized spacial score (nSPS) is 16.4. The van der Waals surface area contributed by atoms with Crippen LogP contribution in [0.5, 0.6) is 11.5 Å². The van der Waals surface area contributed by atoms with Gasteiger partial charge in [-0.25, -0.2) is 4.79 Å². The molecule has 0 bridgehead atoms. The lowest BCUT2D eigenvalue weighted by Gasteiger charge is -2.28. The molecular weight excluding hydrogens is 450 g/mol. The molecule has 0 aliphatic carbocycles. The van der Waals surface area contributed by atoms with Crippen LogP contribution >= 0.6 is 0 Å². The van der Waals surface area contributed by atoms with Gasteiger partial charge in [0.05, 0.1) is 7.11 Å². The number of carboxylic acids is 1. The van der Waals surface area contributed by atoms with Crippen LogP contribution in [0, 0.1) is 0 Å². The number of hydrogen-bond donors (Lipinski definition) is 1. The highest BCUT2D eigenvalue weighted by molar-refractivity contribution is 6.33. The van der Waals surface area contributed by atoms with Gasteiger partial charge >= 0.3 is 17.7 Å². The second kappa shape index (κ2) is 8.88. The number of Topliss-reactive ketones (excluding diaryl/α,β-unsaturated/α-hetero) is 1. The lowest BCUT2D eigenvalue weighted by atomic mass is 9.97. The zero-order chi connectivity index (χ0) is 24.6. The van der Waals surface area contributed by atoms with Gasteiger partial charge in [0.15, 0.2) is 11.5 Å². The summed E-state index contributed by atoms with van der Waals surface area (Å²) in [6, 6.07) is 22.2. The SMILES string of the molecule is COC(=O)[C@H](CC(=O)C(=O)O)N1Cc2cc3c(cc2C1)OC(c1ccccc1)(c1ccccc1)O3. The van der Waals surface area contributed by atoms with E-state index in [1.807, 2.05) is 72.8 Å². The molecule has 0 amide bonds. The first-order valence-corrected chi connectivity index (χ1v) is 11.1. The molecule has 1 N–H and O–H groups in total. The first-order chi connectivity index (χ1) is 16.9. The van der Waals surface area contributed by atoms with Crippen molar-refractivity contribution in [2.24, 2.45) is 0 Å². The quantitative estimate of drug-likeness (QED) is 0.412. The maximum Gasteiger partial charge on any atom is 0.372 e. The predicted octanol–water partition coefficient (Wildman–Crippen LogP) is 3.26. The average molecular weight is 473 g/mol. The Bertz CT molecular complexity index is 1210. The van der Waals surface area contributed by atoms with Crippen molar-refractivity contribution >= 4 is 17.7 Å². The Hall–Kier alpha value is -4.17. The highest BCUT2D eigenvalue weighted by Crippen LogP contribution is 2.49. The van der Waals surface area contributed by atoms with E-state index in [2.05, 4.69) is 0 Å². The number of hydrogen-bond acceptors (Lipinski definition) is 7. The number of carbonyl (C=O) groups excluding carboxylic acids is 2. The lowest BCUT2D eigenvalue weighted by Crippen LogP contribution is -2.41. The summed E-state index contributed by atoms with van der Waals surface area (Å²) in [6.07, 6.45) is -0.464. The van der Waals surface area contributed by atoms with Crippen molar-refractivity contribution in [1.29, 1.82) is 0 Å². The minimum Gasteiger partial charge on any atom is -0.476 e. The van der Waals surface area contributed by atoms with Gasteiger partial charge in [0.2, 0.25) is 5.78 Å². The van der Waals surface area contributed by atoms with Gasteiger partial charge in [0.25, 0.3) is 0 Å². The van der Waals surface area contributed by atoms with Crippen molar-refractivity contribution in [2.75, 3.05) is 7.11 Å². The number of esters is 1. The van der Waals surface area contributed by atoms with Crippen molar-refractivity contribution in [3.8, 4) is 11.5 Å². The molecule has 3 aromatic rings. The number of aliphatic carboxylic acids is 1. The molecule has 1 atom stereocenters. The van der Waals surface area contributed by atoms with Gasteiger partial charge < -0.3 is 19.3 Å². The molecule has 3 aromatic carbocycles. The third-order valence-electron chi connectivity index (χ3n) is 6.36. The first kappa shape index (κ1) is 22.6. The third kappa shape index (κ3) is 4.02. The fourth-order valence-electron chi connectivity index (χ4n) is 4.62. The van der Waals surface area contributed by atoms with Crippen LogP contribution in [0.4, 0.5) is 0 Å². The van der Waals surface area contributed by atoms with E-state index in [4.69, 9.17) is 19.3 Å². The number of ether oxygens (including phenoxy) is 3. The molecule has 0 unspecified atom stereocenters. The molecule has 178 valence electrons. The van der Waals surface area contributed by atoms with Crippen molar-refractivity contribution in [3.05, 3.63) is 95.1 Å². The van der Waals surface area contributed by atoms with Crippen LogP contribution < -0.4 is 9.47 Å². The molecule has 35 heavy (non-hydrogen) atoms. The zero-order valence-electron chi connectivity index (χ0n) is 19.0. The van der Waals surface area contributed by atoms with E-state index in [0.29, 0.717) is 24.6 Å². The smallest absolute Gasteiger partial charge is 0.372 e. The second-order valence-corrected chi connectivity index (χ2v) is 8.50. The van der Waals surface area contributed by atoms with Crippen molar-refractivity contribution < 1.29 is 33.7 Å². The highest BCUT2D eigenvalue weighted by atomic mass is 16.7. The molecule has 2 aliphatic rings. The van der Waals surface area contributed by atoms with Crippen LogP contribution in [-0.4, -0.2) is 40.9 Å². The summed E-state index contributed by atoms with van der Waals surface area (Å²) in [6.45, 7) is 0.671. The van der Waals surface area contributed by atoms with E-state index in [9.17, 15) is 14.4 Å². The summed E-state index contributed by atoms with van der Waals surface area (Å²) in [5, 5.41) is 9.00. The van der Waals surface area contributed by atoms with Crippen LogP contribution in [0.2, 0.25) is 0 Å². The maximum absolute atomic E-state index is 12.3. The Morgan fingerprint density at radius 2 is 1.40 bits per heavy atom. The van der Waals surface area contributed by atoms with Gasteiger partial charge in [-0.15, -0.1) is 0 Å². The molecule has 5 rings (SSSR count). The van der Waals surface area contributed by atoms with E-state index in [0.717, 1.165) is 22.3 Å². The van der Waals surface area contributed by atoms with Gasteiger partial charge in [-0.1, -0.05) is 60.7 Å². The Balaban J connectivity index is 1.45. The molecule has 0 saturated carbocycles. The fraction of sp³-hybridized carbons (Fsp3) is 0.222. The minimum absolute atomic E-state index is 0.336. The number of methoxy groups -OCH3 is 1. The Morgan fingerprint density at radius 3 is 1.83 bits per heavy atom. The first-order valence-electron chi connectivity index (χ1n) is 11.1. The third-order valence-corrected chi connectivity index (χ3v) is 6.36. The topological polar surface area (TPSA) is 102 Å². The molecule has 0 radical (unpaired) electrons. The predicted molar refractivity (Wildman–Crippen MR) is 124 cm³/mol. The van der Waals surface area contributed by atoms with Crippen molar-refractivity contribution in [2.45, 2.75) is 31.3 Å². The number of carboxylic acid groups (broad SMARTS) is 1. The highest BCUT2D eigenvalue weighted by Gasteiger charge is 2.46. The van der Waals surface area contributed by atoms with Crippen LogP contribution in [-0.2, 0) is 38.0 Å². The Kier molecular flexibility index (Phi) is 5.74. The molecular formula is C27H23NO7. The summed E-state index contributed by atoms with van der Waals surface area (Å²) < 4.78 is 17.8. The van der Waals surface area contributed by atoms with Gasteiger partial charge in [0.1, 0.15) is 6.04 Å². The lowest BCUT2D eigenvalue weighted by molar-refractivity contribution is -0.153. The number of benzene rings is 3. The largest absolute Gasteiger partial charge is 0.476 e. The number of ketones is 1. The monoisotopic (exact) mass is 473 g/mol. The van der Waals surface area contributed by atoms with Crippen molar-refractivity contribution in [3.63, 3.8) is 0 Å². The standard InChI is InChI=1S/C27H23NO7/c1-33-26(32)21(14-22(29)25(30)31)28-15-17-12-23-24(13-18(17)16-28)35-27(34-23,19-8-4-2-5-9-19)20-10-6-3-7-11-20/h2-13,21H,14-16H2,1H3,(H,30,31)/t21-/m0/s1. The number of nitrogens with zero attached hydrogens (tertiary/aromatic N) is 1. The number of rotatable bonds is 7. The van der Waals surface area contributed by atoms with E-state index in [1.54, 1.807) is 4.90 Å². The van der Waals surface area contributed by atoms with E-state index >= 15 is 0 Å². The van der Waals surface area contributed by atoms with E-state index in [-0.39, 0.29) is 0 Å². The number of fused-ring (bicyclic) bond motifs is 2. The zero-order valence-corrected chi connectivity index (χ0v) is 19.0. The van der Waals surface area contributed by atoms with Gasteiger partial charge in [-0.2, -0.15) is 0 Å². The van der Waals surface area contributed by atoms with Crippen LogP contribution in [0.3, 0.4) is 0 Å². The second-order valence-electron chi connectivity index (χ2n) is 8.50. The molecule has 0 fully saturated rings. The van der Waals surface area contributed by atoms with Crippen molar-refractivity contribution in [1.82, 2.24) is 4.90 Å². The summed E-state index contributed by atoms with van der Waals surface area (Å²) in [5.74, 6) is -3.28. The molecule has 2 aliphatic heterocycles. The van der Waals surface area contributed by atoms with Gasteiger partial charge in [0, 0.05) is 30.6 Å². The molecule has 8 nitrogen and oxygen atoms in total. The van der Waals surface area contributed by atoms with Gasteiger partial charge in [-0.05, 0) is 23.3 Å². The van der Waals surface area contributed by atoms with Crippen LogP contribution in [0.25, 0.3) is 0 Å². The summed E-state index contributed by atoms with van der Waals surface area (Å²) >= 11 is 0. The summed E-state index contributed by atoms with van der Waals surface area (Å²) in [5.41, 5.74) is 3.51. The Labute approximate surface area is 201 Å². The molecule has 0 aromatic heterocycles. The minimum atomic E-state index is -1.57. The Morgan fingerprint density at radius 1 is 0.914 bits per heavy atom. The van der Waals surface area contributed by atoms with Crippen LogP contribution in [0.15, 0.2) is 72.8 Å². The van der Waals surface area contributed by atoms with E-state index in [1.165, 1.54) is 7.11 Å². The fourth-order valence-corrected chi connectivity index (χ4v) is 4.62. The summed E-state index contributed by atoms with van der Waals surface area (Å²) in [4.78, 5) is 37.0. The molecule has 2 heterocycles. The summed E-state index contributed by atoms with van der Waals surface area (Å²) in [7, 11) is 1.22. The average Bonchev–Trinajstić information content (AvgIpc) is 3.47. The number of carbonyl (C=O) groups is 3. The maximum atomic E-state index is 12.3. The molecule has 0 spiro atoms. The van der Waals surface area contributed by atoms with Crippen LogP contribution in [0.1, 0.15) is 28.7 Å². The van der Waals surface area contributed by atoms with Gasteiger partial charge in [-0.3, -0.25) is 14.5 Å².